The Labute approximate surface area is 160 Å². The van der Waals surface area contributed by atoms with E-state index in [4.69, 9.17) is 0 Å². The third-order valence-corrected chi connectivity index (χ3v) is 7.48. The minimum Gasteiger partial charge on any atom is -0.332 e. The Morgan fingerprint density at radius 2 is 1.96 bits per heavy atom. The highest BCUT2D eigenvalue weighted by molar-refractivity contribution is 7.88. The Morgan fingerprint density at radius 1 is 1.19 bits per heavy atom. The molecule has 1 aromatic heterocycles. The highest BCUT2D eigenvalue weighted by Crippen LogP contribution is 2.32. The van der Waals surface area contributed by atoms with E-state index in [1.165, 1.54) is 35.0 Å². The largest absolute Gasteiger partial charge is 0.332 e. The highest BCUT2D eigenvalue weighted by Gasteiger charge is 2.33. The second-order valence-corrected chi connectivity index (χ2v) is 9.90. The van der Waals surface area contributed by atoms with Gasteiger partial charge in [0.1, 0.15) is 11.6 Å². The van der Waals surface area contributed by atoms with Crippen molar-refractivity contribution >= 4 is 10.0 Å². The molecule has 7 heteroatoms. The van der Waals surface area contributed by atoms with Crippen LogP contribution < -0.4 is 0 Å². The van der Waals surface area contributed by atoms with Crippen LogP contribution in [-0.4, -0.2) is 35.4 Å². The minimum atomic E-state index is -3.51. The van der Waals surface area contributed by atoms with Gasteiger partial charge in [-0.15, -0.1) is 0 Å². The van der Waals surface area contributed by atoms with Crippen molar-refractivity contribution in [1.82, 2.24) is 13.9 Å². The van der Waals surface area contributed by atoms with Gasteiger partial charge >= 0.3 is 0 Å². The maximum Gasteiger partial charge on any atom is 0.218 e. The summed E-state index contributed by atoms with van der Waals surface area (Å²) in [5.41, 5.74) is 1.41. The zero-order chi connectivity index (χ0) is 19.0. The number of halogens is 1. The number of aryl methyl sites for hydroxylation is 1. The fraction of sp³-hybridized carbons (Fsp3) is 0.550. The maximum absolute atomic E-state index is 13.8. The standard InChI is InChI=1S/C20H26FN3O2S/c1-15-11-22-20(24(15)13-16-6-7-16)10-17-8-9-23(12-17)27(25,26)14-18-4-2-3-5-19(18)21/h2-5,11,16-17H,6-10,12-14H2,1H3. The molecule has 2 aliphatic rings. The molecular formula is C20H26FN3O2S. The molecule has 0 radical (unpaired) electrons. The van der Waals surface area contributed by atoms with Gasteiger partial charge in [-0.3, -0.25) is 0 Å². The van der Waals surface area contributed by atoms with Crippen LogP contribution in [0.4, 0.5) is 4.39 Å². The third-order valence-electron chi connectivity index (χ3n) is 5.68. The molecule has 27 heavy (non-hydrogen) atoms. The van der Waals surface area contributed by atoms with Gasteiger partial charge in [-0.2, -0.15) is 0 Å². The van der Waals surface area contributed by atoms with Gasteiger partial charge in [0, 0.05) is 43.5 Å². The van der Waals surface area contributed by atoms with E-state index in [0.29, 0.717) is 13.1 Å². The molecule has 1 aliphatic heterocycles. The Hall–Kier alpha value is -1.73. The van der Waals surface area contributed by atoms with Gasteiger partial charge in [-0.25, -0.2) is 22.1 Å². The highest BCUT2D eigenvalue weighted by atomic mass is 32.2. The van der Waals surface area contributed by atoms with E-state index in [2.05, 4.69) is 16.5 Å². The molecule has 1 aromatic carbocycles. The van der Waals surface area contributed by atoms with Crippen molar-refractivity contribution in [1.29, 1.82) is 0 Å². The molecular weight excluding hydrogens is 365 g/mol. The third kappa shape index (κ3) is 4.24. The molecule has 0 amide bonds. The fourth-order valence-corrected chi connectivity index (χ4v) is 5.49. The molecule has 1 aliphatic carbocycles. The second kappa shape index (κ2) is 7.36. The topological polar surface area (TPSA) is 55.2 Å². The molecule has 1 saturated heterocycles. The summed E-state index contributed by atoms with van der Waals surface area (Å²) in [6.07, 6.45) is 6.13. The van der Waals surface area contributed by atoms with Crippen molar-refractivity contribution in [3.63, 3.8) is 0 Å². The zero-order valence-electron chi connectivity index (χ0n) is 15.6. The molecule has 146 valence electrons. The first-order valence-corrected chi connectivity index (χ1v) is 11.3. The average Bonchev–Trinajstić information content (AvgIpc) is 3.21. The van der Waals surface area contributed by atoms with E-state index in [1.54, 1.807) is 12.1 Å². The predicted molar refractivity (Wildman–Crippen MR) is 102 cm³/mol. The van der Waals surface area contributed by atoms with Crippen LogP contribution in [0.25, 0.3) is 0 Å². The van der Waals surface area contributed by atoms with Gasteiger partial charge in [-0.05, 0) is 44.1 Å². The van der Waals surface area contributed by atoms with Crippen molar-refractivity contribution in [3.05, 3.63) is 53.4 Å². The summed E-state index contributed by atoms with van der Waals surface area (Å²) in [7, 11) is -3.51. The summed E-state index contributed by atoms with van der Waals surface area (Å²) < 4.78 is 43.1. The summed E-state index contributed by atoms with van der Waals surface area (Å²) in [6, 6.07) is 6.09. The summed E-state index contributed by atoms with van der Waals surface area (Å²) >= 11 is 0. The molecule has 5 nitrogen and oxygen atoms in total. The predicted octanol–water partition coefficient (Wildman–Crippen LogP) is 3.14. The molecule has 2 heterocycles. The summed E-state index contributed by atoms with van der Waals surface area (Å²) in [5, 5.41) is 0. The normalized spacial score (nSPS) is 21.0. The Balaban J connectivity index is 1.40. The number of hydrogen-bond donors (Lipinski definition) is 0. The van der Waals surface area contributed by atoms with Gasteiger partial charge in [-0.1, -0.05) is 18.2 Å². The quantitative estimate of drug-likeness (QED) is 0.729. The number of nitrogens with zero attached hydrogens (tertiary/aromatic N) is 3. The molecule has 2 fully saturated rings. The van der Waals surface area contributed by atoms with Crippen LogP contribution in [0.2, 0.25) is 0 Å². The number of rotatable bonds is 7. The van der Waals surface area contributed by atoms with Crippen LogP contribution in [0.1, 0.15) is 36.3 Å². The first kappa shape index (κ1) is 18.6. The maximum atomic E-state index is 13.8. The van der Waals surface area contributed by atoms with Crippen molar-refractivity contribution in [3.8, 4) is 0 Å². The van der Waals surface area contributed by atoms with Gasteiger partial charge in [0.25, 0.3) is 0 Å². The van der Waals surface area contributed by atoms with Gasteiger partial charge in [0.05, 0.1) is 5.75 Å². The SMILES string of the molecule is Cc1cnc(CC2CCN(S(=O)(=O)Cc3ccccc3F)C2)n1CC1CC1. The molecule has 1 atom stereocenters. The van der Waals surface area contributed by atoms with Crippen LogP contribution in [0.5, 0.6) is 0 Å². The molecule has 0 bridgehead atoms. The molecule has 0 spiro atoms. The molecule has 4 rings (SSSR count). The molecule has 0 N–H and O–H groups in total. The number of benzene rings is 1. The van der Waals surface area contributed by atoms with Crippen LogP contribution >= 0.6 is 0 Å². The van der Waals surface area contributed by atoms with Crippen molar-refractivity contribution in [2.75, 3.05) is 13.1 Å². The summed E-state index contributed by atoms with van der Waals surface area (Å²) in [6.45, 7) is 4.11. The zero-order valence-corrected chi connectivity index (χ0v) is 16.5. The lowest BCUT2D eigenvalue weighted by Crippen LogP contribution is -2.30. The van der Waals surface area contributed by atoms with Crippen molar-refractivity contribution in [2.45, 2.75) is 44.9 Å². The van der Waals surface area contributed by atoms with Crippen molar-refractivity contribution < 1.29 is 12.8 Å². The number of hydrogen-bond acceptors (Lipinski definition) is 3. The van der Waals surface area contributed by atoms with Gasteiger partial charge in [0.15, 0.2) is 0 Å². The average molecular weight is 392 g/mol. The van der Waals surface area contributed by atoms with E-state index in [1.807, 2.05) is 6.20 Å². The molecule has 1 unspecified atom stereocenters. The van der Waals surface area contributed by atoms with E-state index in [9.17, 15) is 12.8 Å². The lowest BCUT2D eigenvalue weighted by Gasteiger charge is -2.17. The van der Waals surface area contributed by atoms with Crippen molar-refractivity contribution in [2.24, 2.45) is 11.8 Å². The van der Waals surface area contributed by atoms with Crippen LogP contribution in [0.3, 0.4) is 0 Å². The van der Waals surface area contributed by atoms with Crippen LogP contribution in [0, 0.1) is 24.6 Å². The van der Waals surface area contributed by atoms with Crippen LogP contribution in [0.15, 0.2) is 30.5 Å². The Morgan fingerprint density at radius 3 is 2.70 bits per heavy atom. The first-order chi connectivity index (χ1) is 12.9. The number of aromatic nitrogens is 2. The fourth-order valence-electron chi connectivity index (χ4n) is 3.86. The minimum absolute atomic E-state index is 0.233. The molecule has 2 aromatic rings. The summed E-state index contributed by atoms with van der Waals surface area (Å²) in [5.74, 6) is 1.37. The van der Waals surface area contributed by atoms with E-state index in [-0.39, 0.29) is 17.2 Å². The van der Waals surface area contributed by atoms with Gasteiger partial charge in [0.2, 0.25) is 10.0 Å². The van der Waals surface area contributed by atoms with Crippen LogP contribution in [-0.2, 0) is 28.7 Å². The van der Waals surface area contributed by atoms with E-state index in [0.717, 1.165) is 31.1 Å². The Bertz CT molecular complexity index is 921. The number of sulfonamides is 1. The number of imidazole rings is 1. The second-order valence-electron chi connectivity index (χ2n) is 7.93. The Kier molecular flexibility index (Phi) is 5.07. The lowest BCUT2D eigenvalue weighted by atomic mass is 10.0. The first-order valence-electron chi connectivity index (χ1n) is 9.64. The monoisotopic (exact) mass is 391 g/mol. The van der Waals surface area contributed by atoms with Gasteiger partial charge < -0.3 is 4.57 Å². The lowest BCUT2D eigenvalue weighted by molar-refractivity contribution is 0.446. The molecule has 1 saturated carbocycles. The van der Waals surface area contributed by atoms with E-state index < -0.39 is 15.8 Å². The van der Waals surface area contributed by atoms with E-state index >= 15 is 0 Å². The summed E-state index contributed by atoms with van der Waals surface area (Å²) in [4.78, 5) is 4.57. The smallest absolute Gasteiger partial charge is 0.218 e.